The number of fused-ring (bicyclic) bond motifs is 1. The first-order valence-corrected chi connectivity index (χ1v) is 12.7. The standard InChI is InChI=1S/C26H31ClN6O3/c1-15(34)28-18-8-10-33(11-9-18)19-6-4-16(5-7-19)23-21(27)14-22-24(30-23)31-26(29-22)36-20-12-17(13-20)25(35)32(2)3/h4-7,14,17-18,20H,8-13H2,1-3H3,(H,28,34)(H,29,30,31). The molecule has 9 nitrogen and oxygen atoms in total. The van der Waals surface area contributed by atoms with Crippen LogP contribution in [0.4, 0.5) is 5.69 Å². The number of anilines is 1. The molecular weight excluding hydrogens is 480 g/mol. The quantitative estimate of drug-likeness (QED) is 0.525. The lowest BCUT2D eigenvalue weighted by molar-refractivity contribution is -0.139. The summed E-state index contributed by atoms with van der Waals surface area (Å²) in [5.74, 6) is 0.182. The Morgan fingerprint density at radius 3 is 2.47 bits per heavy atom. The van der Waals surface area contributed by atoms with Crippen molar-refractivity contribution in [1.82, 2.24) is 25.2 Å². The zero-order valence-corrected chi connectivity index (χ0v) is 21.5. The first kappa shape index (κ1) is 24.4. The average molecular weight is 511 g/mol. The lowest BCUT2D eigenvalue weighted by atomic mass is 9.81. The second kappa shape index (κ2) is 9.97. The largest absolute Gasteiger partial charge is 0.461 e. The van der Waals surface area contributed by atoms with Crippen LogP contribution < -0.4 is 15.0 Å². The Morgan fingerprint density at radius 1 is 1.14 bits per heavy atom. The summed E-state index contributed by atoms with van der Waals surface area (Å²) in [7, 11) is 3.54. The second-order valence-corrected chi connectivity index (χ2v) is 10.3. The maximum Gasteiger partial charge on any atom is 0.296 e. The number of carbonyl (C=O) groups is 2. The zero-order valence-electron chi connectivity index (χ0n) is 20.8. The molecule has 2 amide bonds. The molecule has 1 aliphatic carbocycles. The molecule has 36 heavy (non-hydrogen) atoms. The van der Waals surface area contributed by atoms with Gasteiger partial charge in [0, 0.05) is 57.3 Å². The fourth-order valence-electron chi connectivity index (χ4n) is 4.94. The van der Waals surface area contributed by atoms with E-state index in [1.807, 2.05) is 18.2 Å². The van der Waals surface area contributed by atoms with E-state index in [1.54, 1.807) is 25.9 Å². The molecule has 2 fully saturated rings. The van der Waals surface area contributed by atoms with Gasteiger partial charge in [-0.2, -0.15) is 4.98 Å². The molecule has 1 aliphatic heterocycles. The minimum Gasteiger partial charge on any atom is -0.461 e. The van der Waals surface area contributed by atoms with Crippen LogP contribution in [-0.4, -0.2) is 71.0 Å². The van der Waals surface area contributed by atoms with E-state index in [4.69, 9.17) is 21.3 Å². The number of halogens is 1. The third-order valence-electron chi connectivity index (χ3n) is 6.98. The number of aromatic nitrogens is 3. The lowest BCUT2D eigenvalue weighted by Gasteiger charge is -2.34. The predicted molar refractivity (Wildman–Crippen MR) is 139 cm³/mol. The number of hydrogen-bond acceptors (Lipinski definition) is 6. The first-order chi connectivity index (χ1) is 17.3. The summed E-state index contributed by atoms with van der Waals surface area (Å²) in [6, 6.07) is 10.7. The molecule has 2 aliphatic rings. The third kappa shape index (κ3) is 5.11. The topological polar surface area (TPSA) is 103 Å². The molecule has 10 heteroatoms. The molecule has 5 rings (SSSR count). The molecule has 1 saturated heterocycles. The summed E-state index contributed by atoms with van der Waals surface area (Å²) < 4.78 is 5.94. The average Bonchev–Trinajstić information content (AvgIpc) is 3.21. The Labute approximate surface area is 215 Å². The molecule has 3 heterocycles. The number of hydrogen-bond donors (Lipinski definition) is 2. The maximum atomic E-state index is 12.0. The van der Waals surface area contributed by atoms with Crippen LogP contribution in [0, 0.1) is 5.92 Å². The van der Waals surface area contributed by atoms with Gasteiger partial charge in [0.25, 0.3) is 6.01 Å². The molecule has 190 valence electrons. The van der Waals surface area contributed by atoms with Gasteiger partial charge >= 0.3 is 0 Å². The van der Waals surface area contributed by atoms with Crippen LogP contribution in [-0.2, 0) is 9.59 Å². The van der Waals surface area contributed by atoms with Gasteiger partial charge in [-0.05, 0) is 43.9 Å². The highest BCUT2D eigenvalue weighted by Gasteiger charge is 2.37. The SMILES string of the molecule is CC(=O)NC1CCN(c2ccc(-c3nc4nc(OC5CC(C(=O)N(C)C)C5)[nH]c4cc3Cl)cc2)CC1. The van der Waals surface area contributed by atoms with Gasteiger partial charge in [-0.25, -0.2) is 4.98 Å². The number of nitrogens with one attached hydrogen (secondary N) is 2. The second-order valence-electron chi connectivity index (χ2n) is 9.88. The summed E-state index contributed by atoms with van der Waals surface area (Å²) in [6.45, 7) is 3.37. The summed E-state index contributed by atoms with van der Waals surface area (Å²) in [5, 5.41) is 3.54. The van der Waals surface area contributed by atoms with Gasteiger partial charge < -0.3 is 24.8 Å². The van der Waals surface area contributed by atoms with Crippen molar-refractivity contribution < 1.29 is 14.3 Å². The minimum absolute atomic E-state index is 0.0140. The number of piperidine rings is 1. The van der Waals surface area contributed by atoms with Gasteiger partial charge in [-0.15, -0.1) is 0 Å². The zero-order chi connectivity index (χ0) is 25.4. The Balaban J connectivity index is 1.24. The number of imidazole rings is 1. The number of carbonyl (C=O) groups excluding carboxylic acids is 2. The molecule has 0 radical (unpaired) electrons. The highest BCUT2D eigenvalue weighted by atomic mass is 35.5. The van der Waals surface area contributed by atoms with Crippen LogP contribution in [0.3, 0.4) is 0 Å². The molecule has 2 N–H and O–H groups in total. The molecule has 0 spiro atoms. The Hall–Kier alpha value is -3.33. The summed E-state index contributed by atoms with van der Waals surface area (Å²) >= 11 is 6.58. The van der Waals surface area contributed by atoms with E-state index >= 15 is 0 Å². The minimum atomic E-state index is -0.0368. The van der Waals surface area contributed by atoms with Crippen molar-refractivity contribution in [2.24, 2.45) is 5.92 Å². The molecule has 1 saturated carbocycles. The number of amides is 2. The van der Waals surface area contributed by atoms with E-state index in [0.717, 1.165) is 37.2 Å². The Kier molecular flexibility index (Phi) is 6.75. The predicted octanol–water partition coefficient (Wildman–Crippen LogP) is 3.63. The normalized spacial score (nSPS) is 20.2. The number of pyridine rings is 1. The lowest BCUT2D eigenvalue weighted by Crippen LogP contribution is -2.44. The van der Waals surface area contributed by atoms with E-state index in [0.29, 0.717) is 40.7 Å². The van der Waals surface area contributed by atoms with Crippen molar-refractivity contribution in [3.8, 4) is 17.3 Å². The monoisotopic (exact) mass is 510 g/mol. The van der Waals surface area contributed by atoms with E-state index in [9.17, 15) is 9.59 Å². The molecule has 0 unspecified atom stereocenters. The van der Waals surface area contributed by atoms with Gasteiger partial charge in [0.1, 0.15) is 6.10 Å². The Morgan fingerprint density at radius 2 is 1.83 bits per heavy atom. The fourth-order valence-corrected chi connectivity index (χ4v) is 5.20. The number of rotatable bonds is 6. The third-order valence-corrected chi connectivity index (χ3v) is 7.26. The summed E-state index contributed by atoms with van der Waals surface area (Å²) in [5.41, 5.74) is 3.96. The Bertz CT molecular complexity index is 1260. The van der Waals surface area contributed by atoms with E-state index in [1.165, 1.54) is 0 Å². The summed E-state index contributed by atoms with van der Waals surface area (Å²) in [4.78, 5) is 39.6. The van der Waals surface area contributed by atoms with Gasteiger partial charge in [0.05, 0.1) is 16.2 Å². The van der Waals surface area contributed by atoms with Crippen LogP contribution >= 0.6 is 11.6 Å². The molecular formula is C26H31ClN6O3. The highest BCUT2D eigenvalue weighted by Crippen LogP contribution is 2.34. The molecule has 0 bridgehead atoms. The molecule has 0 atom stereocenters. The van der Waals surface area contributed by atoms with Crippen molar-refractivity contribution in [3.05, 3.63) is 35.4 Å². The van der Waals surface area contributed by atoms with Crippen LogP contribution in [0.1, 0.15) is 32.6 Å². The van der Waals surface area contributed by atoms with Gasteiger partial charge in [-0.3, -0.25) is 9.59 Å². The van der Waals surface area contributed by atoms with E-state index in [-0.39, 0.29) is 29.9 Å². The molecule has 1 aromatic carbocycles. The van der Waals surface area contributed by atoms with Crippen molar-refractivity contribution in [1.29, 1.82) is 0 Å². The molecule has 3 aromatic rings. The maximum absolute atomic E-state index is 12.0. The van der Waals surface area contributed by atoms with Crippen molar-refractivity contribution >= 4 is 40.3 Å². The molecule has 2 aromatic heterocycles. The van der Waals surface area contributed by atoms with Crippen LogP contribution in [0.5, 0.6) is 6.01 Å². The fraction of sp³-hybridized carbons (Fsp3) is 0.462. The number of ether oxygens (including phenoxy) is 1. The van der Waals surface area contributed by atoms with Gasteiger partial charge in [-0.1, -0.05) is 23.7 Å². The smallest absolute Gasteiger partial charge is 0.296 e. The number of benzene rings is 1. The van der Waals surface area contributed by atoms with E-state index < -0.39 is 0 Å². The number of nitrogens with zero attached hydrogens (tertiary/aromatic N) is 4. The van der Waals surface area contributed by atoms with Crippen LogP contribution in [0.25, 0.3) is 22.4 Å². The van der Waals surface area contributed by atoms with Crippen LogP contribution in [0.15, 0.2) is 30.3 Å². The van der Waals surface area contributed by atoms with Crippen molar-refractivity contribution in [2.45, 2.75) is 44.8 Å². The van der Waals surface area contributed by atoms with Gasteiger partial charge in [0.2, 0.25) is 11.8 Å². The first-order valence-electron chi connectivity index (χ1n) is 12.3. The van der Waals surface area contributed by atoms with Gasteiger partial charge in [0.15, 0.2) is 5.65 Å². The summed E-state index contributed by atoms with van der Waals surface area (Å²) in [6.07, 6.45) is 3.20. The van der Waals surface area contributed by atoms with Crippen molar-refractivity contribution in [2.75, 3.05) is 32.1 Å². The highest BCUT2D eigenvalue weighted by molar-refractivity contribution is 6.33. The van der Waals surface area contributed by atoms with Crippen molar-refractivity contribution in [3.63, 3.8) is 0 Å². The van der Waals surface area contributed by atoms with Crippen LogP contribution in [0.2, 0.25) is 5.02 Å². The van der Waals surface area contributed by atoms with E-state index in [2.05, 4.69) is 32.3 Å². The number of aromatic amines is 1. The number of H-pyrrole nitrogens is 1.